The molecule has 1 aliphatic rings. The Morgan fingerprint density at radius 3 is 2.69 bits per heavy atom. The molecule has 1 saturated carbocycles. The molecule has 0 amide bonds. The van der Waals surface area contributed by atoms with E-state index in [0.717, 1.165) is 58.2 Å². The second kappa shape index (κ2) is 9.23. The molecular formula is C28H32O4. The van der Waals surface area contributed by atoms with Crippen LogP contribution in [-0.2, 0) is 24.2 Å². The third-order valence-electron chi connectivity index (χ3n) is 6.22. The number of aromatic hydroxyl groups is 1. The molecule has 4 heteroatoms. The molecule has 1 aromatic heterocycles. The molecule has 3 aromatic rings. The smallest absolute Gasteiger partial charge is 0.160 e. The highest BCUT2D eigenvalue weighted by Crippen LogP contribution is 2.49. The zero-order valence-electron chi connectivity index (χ0n) is 19.4. The summed E-state index contributed by atoms with van der Waals surface area (Å²) in [5, 5.41) is 10.9. The van der Waals surface area contributed by atoms with Gasteiger partial charge in [-0.2, -0.15) is 0 Å². The first-order valence-electron chi connectivity index (χ1n) is 11.5. The van der Waals surface area contributed by atoms with Gasteiger partial charge in [0.1, 0.15) is 23.7 Å². The maximum absolute atomic E-state index is 12.3. The first kappa shape index (κ1) is 22.2. The Bertz CT molecular complexity index is 1160. The normalized spacial score (nSPS) is 17.4. The summed E-state index contributed by atoms with van der Waals surface area (Å²) in [6.45, 7) is 8.68. The van der Waals surface area contributed by atoms with Crippen molar-refractivity contribution in [1.29, 1.82) is 0 Å². The number of hydrogen-bond donors (Lipinski definition) is 1. The molecule has 0 spiro atoms. The molecule has 1 aliphatic carbocycles. The van der Waals surface area contributed by atoms with Gasteiger partial charge in [-0.3, -0.25) is 4.79 Å². The lowest BCUT2D eigenvalue weighted by atomic mass is 10.0. The van der Waals surface area contributed by atoms with E-state index in [1.165, 1.54) is 5.56 Å². The molecule has 0 saturated heterocycles. The quantitative estimate of drug-likeness (QED) is 0.375. The Labute approximate surface area is 189 Å². The number of phenolic OH excluding ortho intramolecular Hbond substituents is 1. The number of ether oxygens (including phenoxy) is 1. The molecule has 2 aromatic carbocycles. The van der Waals surface area contributed by atoms with E-state index in [0.29, 0.717) is 30.6 Å². The summed E-state index contributed by atoms with van der Waals surface area (Å²) in [4.78, 5) is 12.3. The second-order valence-corrected chi connectivity index (χ2v) is 9.29. The molecule has 4 rings (SSSR count). The van der Waals surface area contributed by atoms with Crippen LogP contribution in [0, 0.1) is 5.92 Å². The van der Waals surface area contributed by atoms with E-state index >= 15 is 0 Å². The van der Waals surface area contributed by atoms with Crippen molar-refractivity contribution in [3.8, 4) is 11.5 Å². The van der Waals surface area contributed by atoms with Gasteiger partial charge in [0.15, 0.2) is 5.78 Å². The van der Waals surface area contributed by atoms with E-state index < -0.39 is 0 Å². The number of ketones is 1. The van der Waals surface area contributed by atoms with E-state index in [1.807, 2.05) is 38.1 Å². The fraction of sp³-hybridized carbons (Fsp3) is 0.393. The molecule has 168 valence electrons. The third kappa shape index (κ3) is 4.74. The zero-order chi connectivity index (χ0) is 22.8. The maximum atomic E-state index is 12.3. The van der Waals surface area contributed by atoms with Gasteiger partial charge in [-0.15, -0.1) is 0 Å². The minimum Gasteiger partial charge on any atom is -0.508 e. The van der Waals surface area contributed by atoms with Crippen LogP contribution >= 0.6 is 0 Å². The van der Waals surface area contributed by atoms with Crippen LogP contribution in [0.25, 0.3) is 11.0 Å². The summed E-state index contributed by atoms with van der Waals surface area (Å²) in [5.74, 6) is 2.36. The van der Waals surface area contributed by atoms with Gasteiger partial charge >= 0.3 is 0 Å². The summed E-state index contributed by atoms with van der Waals surface area (Å²) in [6, 6.07) is 9.57. The van der Waals surface area contributed by atoms with E-state index in [9.17, 15) is 9.90 Å². The Morgan fingerprint density at radius 1 is 1.22 bits per heavy atom. The summed E-state index contributed by atoms with van der Waals surface area (Å²) in [6.07, 6.45) is 6.68. The minimum absolute atomic E-state index is 0.0826. The van der Waals surface area contributed by atoms with Gasteiger partial charge < -0.3 is 14.3 Å². The van der Waals surface area contributed by atoms with Gasteiger partial charge in [-0.25, -0.2) is 0 Å². The highest BCUT2D eigenvalue weighted by molar-refractivity contribution is 5.96. The van der Waals surface area contributed by atoms with Crippen LogP contribution in [0.3, 0.4) is 0 Å². The van der Waals surface area contributed by atoms with Crippen molar-refractivity contribution in [3.63, 3.8) is 0 Å². The number of furan rings is 1. The molecule has 2 unspecified atom stereocenters. The number of allylic oxidation sites excluding steroid dienone is 2. The van der Waals surface area contributed by atoms with Crippen LogP contribution in [0.1, 0.15) is 68.7 Å². The average molecular weight is 433 g/mol. The van der Waals surface area contributed by atoms with Crippen molar-refractivity contribution < 1.29 is 19.1 Å². The Hall–Kier alpha value is -3.01. The number of aryl methyl sites for hydroxylation is 1. The summed E-state index contributed by atoms with van der Waals surface area (Å²) >= 11 is 0. The largest absolute Gasteiger partial charge is 0.508 e. The molecule has 4 nitrogen and oxygen atoms in total. The van der Waals surface area contributed by atoms with Gasteiger partial charge in [-0.05, 0) is 80.0 Å². The average Bonchev–Trinajstić information content (AvgIpc) is 3.33. The maximum Gasteiger partial charge on any atom is 0.160 e. The molecule has 1 fully saturated rings. The van der Waals surface area contributed by atoms with Gasteiger partial charge in [0.05, 0.1) is 6.26 Å². The monoisotopic (exact) mass is 432 g/mol. The van der Waals surface area contributed by atoms with Crippen LogP contribution in [-0.4, -0.2) is 10.9 Å². The molecule has 0 bridgehead atoms. The Balaban J connectivity index is 1.60. The van der Waals surface area contributed by atoms with E-state index in [4.69, 9.17) is 9.15 Å². The standard InChI is InChI=1S/C28H32O4/c1-5-6-24-27(31-15-19-7-8-21(29)14-26(19)25-12-18(25)4)10-9-23-20(16-32-28(23)24)13-22(30)11-17(2)3/h7-11,14,16,18,25,29H,5-6,12-13,15H2,1-4H3. The van der Waals surface area contributed by atoms with Crippen molar-refractivity contribution >= 4 is 16.8 Å². The minimum atomic E-state index is 0.0826. The highest BCUT2D eigenvalue weighted by Gasteiger charge is 2.35. The van der Waals surface area contributed by atoms with Crippen LogP contribution in [0.2, 0.25) is 0 Å². The van der Waals surface area contributed by atoms with E-state index in [-0.39, 0.29) is 5.78 Å². The SMILES string of the molecule is CCCc1c(OCc2ccc(O)cc2C2CC2C)ccc2c(CC(=O)C=C(C)C)coc12. The van der Waals surface area contributed by atoms with E-state index in [2.05, 4.69) is 13.8 Å². The van der Waals surface area contributed by atoms with E-state index in [1.54, 1.807) is 18.4 Å². The number of benzene rings is 2. The number of rotatable bonds is 9. The molecule has 2 atom stereocenters. The lowest BCUT2D eigenvalue weighted by molar-refractivity contribution is -0.114. The zero-order valence-corrected chi connectivity index (χ0v) is 19.4. The topological polar surface area (TPSA) is 59.7 Å². The Kier molecular flexibility index (Phi) is 6.40. The van der Waals surface area contributed by atoms with Crippen molar-refractivity contribution in [1.82, 2.24) is 0 Å². The van der Waals surface area contributed by atoms with Crippen LogP contribution in [0.15, 0.2) is 52.7 Å². The van der Waals surface area contributed by atoms with Crippen LogP contribution in [0.5, 0.6) is 11.5 Å². The lowest BCUT2D eigenvalue weighted by Crippen LogP contribution is -2.03. The number of carbonyl (C=O) groups is 1. The lowest BCUT2D eigenvalue weighted by Gasteiger charge is -2.15. The summed E-state index contributed by atoms with van der Waals surface area (Å²) in [5.41, 5.74) is 6.08. The number of carbonyl (C=O) groups excluding carboxylic acids is 1. The first-order valence-corrected chi connectivity index (χ1v) is 11.5. The number of fused-ring (bicyclic) bond motifs is 1. The molecule has 1 N–H and O–H groups in total. The van der Waals surface area contributed by atoms with Gasteiger partial charge in [0.25, 0.3) is 0 Å². The van der Waals surface area contributed by atoms with Crippen molar-refractivity contribution in [2.75, 3.05) is 0 Å². The van der Waals surface area contributed by atoms with Gasteiger partial charge in [0.2, 0.25) is 0 Å². The summed E-state index contributed by atoms with van der Waals surface area (Å²) < 4.78 is 12.2. The number of hydrogen-bond acceptors (Lipinski definition) is 4. The molecule has 0 radical (unpaired) electrons. The molecule has 0 aliphatic heterocycles. The molecule has 1 heterocycles. The predicted octanol–water partition coefficient (Wildman–Crippen LogP) is 6.87. The fourth-order valence-corrected chi connectivity index (χ4v) is 4.48. The predicted molar refractivity (Wildman–Crippen MR) is 127 cm³/mol. The third-order valence-corrected chi connectivity index (χ3v) is 6.22. The van der Waals surface area contributed by atoms with Crippen molar-refractivity contribution in [3.05, 3.63) is 70.5 Å². The first-order chi connectivity index (χ1) is 15.4. The van der Waals surface area contributed by atoms with Crippen LogP contribution < -0.4 is 4.74 Å². The highest BCUT2D eigenvalue weighted by atomic mass is 16.5. The van der Waals surface area contributed by atoms with Gasteiger partial charge in [0, 0.05) is 22.9 Å². The van der Waals surface area contributed by atoms with Gasteiger partial charge in [-0.1, -0.05) is 31.9 Å². The number of phenols is 1. The van der Waals surface area contributed by atoms with Crippen LogP contribution in [0.4, 0.5) is 0 Å². The van der Waals surface area contributed by atoms with Crippen molar-refractivity contribution in [2.24, 2.45) is 5.92 Å². The second-order valence-electron chi connectivity index (χ2n) is 9.29. The molecular weight excluding hydrogens is 400 g/mol. The Morgan fingerprint density at radius 2 is 2.00 bits per heavy atom. The van der Waals surface area contributed by atoms with Crippen molar-refractivity contribution in [2.45, 2.75) is 65.9 Å². The summed E-state index contributed by atoms with van der Waals surface area (Å²) in [7, 11) is 0. The molecule has 32 heavy (non-hydrogen) atoms. The fourth-order valence-electron chi connectivity index (χ4n) is 4.48.